The number of rotatable bonds is 4. The Morgan fingerprint density at radius 2 is 1.70 bits per heavy atom. The zero-order valence-corrected chi connectivity index (χ0v) is 15.6. The molecule has 0 saturated carbocycles. The number of aromatic nitrogens is 2. The number of para-hydroxylation sites is 2. The van der Waals surface area contributed by atoms with Gasteiger partial charge in [-0.05, 0) is 36.4 Å². The number of anilines is 1. The molecule has 1 atom stereocenters. The highest BCUT2D eigenvalue weighted by atomic mass is 35.5. The minimum atomic E-state index is -4.10. The number of nitriles is 1. The summed E-state index contributed by atoms with van der Waals surface area (Å²) in [6.45, 7) is 1.34. The van der Waals surface area contributed by atoms with Gasteiger partial charge in [0.25, 0.3) is 0 Å². The molecule has 7 nitrogen and oxygen atoms in total. The molecule has 2 aromatic carbocycles. The fourth-order valence-corrected chi connectivity index (χ4v) is 4.20. The molecule has 0 aliphatic rings. The van der Waals surface area contributed by atoms with Crippen LogP contribution >= 0.6 is 11.6 Å². The summed E-state index contributed by atoms with van der Waals surface area (Å²) in [5.74, 6) is -0.279. The van der Waals surface area contributed by atoms with Crippen molar-refractivity contribution in [1.29, 1.82) is 5.26 Å². The largest absolute Gasteiger partial charge is 0.326 e. The van der Waals surface area contributed by atoms with Gasteiger partial charge in [-0.2, -0.15) is 5.26 Å². The molecule has 0 aliphatic carbocycles. The van der Waals surface area contributed by atoms with Crippen LogP contribution in [0.25, 0.3) is 11.0 Å². The Kier molecular flexibility index (Phi) is 5.08. The highest BCUT2D eigenvalue weighted by molar-refractivity contribution is 7.92. The summed E-state index contributed by atoms with van der Waals surface area (Å²) in [6, 6.07) is 14.1. The average molecular weight is 401 g/mol. The van der Waals surface area contributed by atoms with Crippen molar-refractivity contribution in [3.05, 3.63) is 59.4 Å². The molecular weight excluding hydrogens is 388 g/mol. The van der Waals surface area contributed by atoms with Crippen molar-refractivity contribution in [1.82, 2.24) is 9.97 Å². The monoisotopic (exact) mass is 400 g/mol. The quantitative estimate of drug-likeness (QED) is 0.718. The first-order chi connectivity index (χ1) is 12.8. The van der Waals surface area contributed by atoms with Gasteiger partial charge < -0.3 is 5.32 Å². The van der Waals surface area contributed by atoms with E-state index in [0.29, 0.717) is 16.7 Å². The molecule has 0 aliphatic heterocycles. The van der Waals surface area contributed by atoms with Crippen LogP contribution in [0.1, 0.15) is 17.9 Å². The molecule has 27 heavy (non-hydrogen) atoms. The molecule has 9 heteroatoms. The molecule has 0 bridgehead atoms. The third-order valence-corrected chi connectivity index (χ3v) is 5.89. The number of sulfone groups is 1. The fourth-order valence-electron chi connectivity index (χ4n) is 2.50. The molecule has 0 fully saturated rings. The van der Waals surface area contributed by atoms with Crippen LogP contribution in [0, 0.1) is 11.3 Å². The summed E-state index contributed by atoms with van der Waals surface area (Å²) in [5, 5.41) is 10.3. The summed E-state index contributed by atoms with van der Waals surface area (Å²) in [4.78, 5) is 19.4. The molecule has 1 unspecified atom stereocenters. The van der Waals surface area contributed by atoms with E-state index < -0.39 is 15.1 Å². The van der Waals surface area contributed by atoms with E-state index in [9.17, 15) is 18.5 Å². The molecule has 136 valence electrons. The maximum Gasteiger partial charge on any atom is 0.221 e. The first kappa shape index (κ1) is 18.8. The number of nitrogens with one attached hydrogen (secondary N) is 1. The van der Waals surface area contributed by atoms with Crippen LogP contribution in [-0.2, 0) is 14.6 Å². The van der Waals surface area contributed by atoms with Crippen molar-refractivity contribution in [2.45, 2.75) is 17.1 Å². The third kappa shape index (κ3) is 3.74. The lowest BCUT2D eigenvalue weighted by Gasteiger charge is -2.13. The Labute approximate surface area is 160 Å². The zero-order chi connectivity index (χ0) is 19.6. The molecule has 1 N–H and O–H groups in total. The van der Waals surface area contributed by atoms with Gasteiger partial charge in [-0.3, -0.25) is 4.79 Å². The Balaban J connectivity index is 2.05. The van der Waals surface area contributed by atoms with Gasteiger partial charge in [0.1, 0.15) is 5.69 Å². The van der Waals surface area contributed by atoms with Crippen LogP contribution in [0.2, 0.25) is 5.15 Å². The average Bonchev–Trinajstić information content (AvgIpc) is 2.62. The van der Waals surface area contributed by atoms with Crippen molar-refractivity contribution in [3.63, 3.8) is 0 Å². The summed E-state index contributed by atoms with van der Waals surface area (Å²) in [7, 11) is -4.10. The fraction of sp³-hybridized carbons (Fsp3) is 0.111. The molecule has 3 rings (SSSR count). The Morgan fingerprint density at radius 1 is 1.11 bits per heavy atom. The molecule has 3 aromatic rings. The van der Waals surface area contributed by atoms with Crippen molar-refractivity contribution in [2.24, 2.45) is 0 Å². The lowest BCUT2D eigenvalue weighted by Crippen LogP contribution is -2.15. The van der Waals surface area contributed by atoms with E-state index in [1.165, 1.54) is 31.2 Å². The van der Waals surface area contributed by atoms with Crippen LogP contribution in [0.5, 0.6) is 0 Å². The van der Waals surface area contributed by atoms with E-state index >= 15 is 0 Å². The van der Waals surface area contributed by atoms with E-state index in [1.54, 1.807) is 30.3 Å². The number of amides is 1. The maximum atomic E-state index is 12.9. The van der Waals surface area contributed by atoms with Crippen LogP contribution in [-0.4, -0.2) is 24.3 Å². The standard InChI is InChI=1S/C18H13ClN4O3S/c1-11(24)21-12-6-8-13(9-7-12)27(25,26)16(10-20)17-18(19)23-15-5-3-2-4-14(15)22-17/h2-9,16H,1H3,(H,21,24). The van der Waals surface area contributed by atoms with Gasteiger partial charge in [0.2, 0.25) is 15.7 Å². The van der Waals surface area contributed by atoms with E-state index in [4.69, 9.17) is 11.6 Å². The number of halogens is 1. The number of carbonyl (C=O) groups is 1. The van der Waals surface area contributed by atoms with Crippen molar-refractivity contribution in [3.8, 4) is 6.07 Å². The first-order valence-electron chi connectivity index (χ1n) is 7.76. The van der Waals surface area contributed by atoms with E-state index in [-0.39, 0.29) is 21.6 Å². The molecule has 1 heterocycles. The van der Waals surface area contributed by atoms with E-state index in [1.807, 2.05) is 0 Å². The van der Waals surface area contributed by atoms with Gasteiger partial charge in [-0.1, -0.05) is 23.7 Å². The van der Waals surface area contributed by atoms with Gasteiger partial charge in [-0.25, -0.2) is 18.4 Å². The Morgan fingerprint density at radius 3 is 2.26 bits per heavy atom. The first-order valence-corrected chi connectivity index (χ1v) is 9.68. The van der Waals surface area contributed by atoms with Crippen LogP contribution in [0.4, 0.5) is 5.69 Å². The molecular formula is C18H13ClN4O3S. The second kappa shape index (κ2) is 7.31. The number of hydrogen-bond acceptors (Lipinski definition) is 6. The Hall–Kier alpha value is -3.02. The number of benzene rings is 2. The Bertz CT molecular complexity index is 1170. The molecule has 1 amide bonds. The highest BCUT2D eigenvalue weighted by Gasteiger charge is 2.33. The molecule has 0 radical (unpaired) electrons. The minimum absolute atomic E-state index is 0.0887. The lowest BCUT2D eigenvalue weighted by molar-refractivity contribution is -0.114. The maximum absolute atomic E-state index is 12.9. The summed E-state index contributed by atoms with van der Waals surface area (Å²) in [6.07, 6.45) is 0. The summed E-state index contributed by atoms with van der Waals surface area (Å²) >= 11 is 6.12. The molecule has 1 aromatic heterocycles. The summed E-state index contributed by atoms with van der Waals surface area (Å²) < 4.78 is 25.9. The number of fused-ring (bicyclic) bond motifs is 1. The van der Waals surface area contributed by atoms with Crippen molar-refractivity contribution >= 4 is 44.1 Å². The SMILES string of the molecule is CC(=O)Nc1ccc(S(=O)(=O)C(C#N)c2nc3ccccc3nc2Cl)cc1. The van der Waals surface area contributed by atoms with E-state index in [0.717, 1.165) is 0 Å². The van der Waals surface area contributed by atoms with Crippen LogP contribution in [0.15, 0.2) is 53.4 Å². The number of nitrogens with zero attached hydrogens (tertiary/aromatic N) is 3. The molecule has 0 saturated heterocycles. The van der Waals surface area contributed by atoms with Crippen LogP contribution < -0.4 is 5.32 Å². The molecule has 0 spiro atoms. The van der Waals surface area contributed by atoms with Gasteiger partial charge >= 0.3 is 0 Å². The number of hydrogen-bond donors (Lipinski definition) is 1. The van der Waals surface area contributed by atoms with Crippen molar-refractivity contribution in [2.75, 3.05) is 5.32 Å². The van der Waals surface area contributed by atoms with Crippen molar-refractivity contribution < 1.29 is 13.2 Å². The predicted octanol–water partition coefficient (Wildman–Crippen LogP) is 3.28. The van der Waals surface area contributed by atoms with Gasteiger partial charge in [0, 0.05) is 12.6 Å². The lowest BCUT2D eigenvalue weighted by atomic mass is 10.2. The second-order valence-electron chi connectivity index (χ2n) is 5.65. The predicted molar refractivity (Wildman–Crippen MR) is 101 cm³/mol. The zero-order valence-electron chi connectivity index (χ0n) is 14.0. The van der Waals surface area contributed by atoms with Gasteiger partial charge in [0.05, 0.1) is 22.0 Å². The second-order valence-corrected chi connectivity index (χ2v) is 8.04. The third-order valence-electron chi connectivity index (χ3n) is 3.73. The topological polar surface area (TPSA) is 113 Å². The normalized spacial score (nSPS) is 12.3. The van der Waals surface area contributed by atoms with Gasteiger partial charge in [-0.15, -0.1) is 0 Å². The van der Waals surface area contributed by atoms with E-state index in [2.05, 4.69) is 15.3 Å². The summed E-state index contributed by atoms with van der Waals surface area (Å²) in [5.41, 5.74) is 1.26. The van der Waals surface area contributed by atoms with Crippen LogP contribution in [0.3, 0.4) is 0 Å². The highest BCUT2D eigenvalue weighted by Crippen LogP contribution is 2.32. The smallest absolute Gasteiger partial charge is 0.221 e. The minimum Gasteiger partial charge on any atom is -0.326 e. The number of carbonyl (C=O) groups excluding carboxylic acids is 1. The van der Waals surface area contributed by atoms with Gasteiger partial charge in [0.15, 0.2) is 10.4 Å².